The van der Waals surface area contributed by atoms with Crippen molar-refractivity contribution in [2.75, 3.05) is 47.1 Å². The standard InChI is InChI=1S/C19H31N3O3.HI/c1-20-19(21-10-5-12-24-14-16-8-9-16)22-11-13-25-15-17-6-3-4-7-18(17)23-2;/h3-4,6-7,16H,5,8-15H2,1-2H3,(H2,20,21,22);1H. The first kappa shape index (κ1) is 23.0. The number of nitrogens with zero attached hydrogens (tertiary/aromatic N) is 1. The topological polar surface area (TPSA) is 64.1 Å². The van der Waals surface area contributed by atoms with E-state index in [2.05, 4.69) is 15.6 Å². The van der Waals surface area contributed by atoms with Gasteiger partial charge in [-0.1, -0.05) is 18.2 Å². The molecule has 0 saturated heterocycles. The predicted octanol–water partition coefficient (Wildman–Crippen LogP) is 2.81. The number of benzene rings is 1. The van der Waals surface area contributed by atoms with Gasteiger partial charge < -0.3 is 24.8 Å². The van der Waals surface area contributed by atoms with E-state index in [1.165, 1.54) is 12.8 Å². The van der Waals surface area contributed by atoms with Crippen LogP contribution in [-0.4, -0.2) is 53.0 Å². The fourth-order valence-corrected chi connectivity index (χ4v) is 2.38. The van der Waals surface area contributed by atoms with E-state index < -0.39 is 0 Å². The first-order valence-electron chi connectivity index (χ1n) is 9.05. The van der Waals surface area contributed by atoms with Crippen LogP contribution in [0.2, 0.25) is 0 Å². The number of ether oxygens (including phenoxy) is 3. The number of hydrogen-bond donors (Lipinski definition) is 2. The van der Waals surface area contributed by atoms with Crippen LogP contribution >= 0.6 is 24.0 Å². The van der Waals surface area contributed by atoms with Crippen LogP contribution in [0.3, 0.4) is 0 Å². The van der Waals surface area contributed by atoms with Gasteiger partial charge in [-0.25, -0.2) is 0 Å². The lowest BCUT2D eigenvalue weighted by atomic mass is 10.2. The van der Waals surface area contributed by atoms with Crippen LogP contribution in [0, 0.1) is 5.92 Å². The number of aliphatic imine (C=N–C) groups is 1. The van der Waals surface area contributed by atoms with E-state index in [0.29, 0.717) is 19.8 Å². The molecule has 2 N–H and O–H groups in total. The second-order valence-corrected chi connectivity index (χ2v) is 6.16. The lowest BCUT2D eigenvalue weighted by molar-refractivity contribution is 0.122. The molecule has 1 aliphatic rings. The van der Waals surface area contributed by atoms with Crippen molar-refractivity contribution >= 4 is 29.9 Å². The molecule has 1 aliphatic carbocycles. The number of methoxy groups -OCH3 is 1. The Morgan fingerprint density at radius 2 is 1.88 bits per heavy atom. The third-order valence-electron chi connectivity index (χ3n) is 4.02. The van der Waals surface area contributed by atoms with Crippen LogP contribution in [0.25, 0.3) is 0 Å². The minimum Gasteiger partial charge on any atom is -0.496 e. The molecule has 1 aromatic rings. The highest BCUT2D eigenvalue weighted by Gasteiger charge is 2.20. The number of nitrogens with one attached hydrogen (secondary N) is 2. The first-order chi connectivity index (χ1) is 12.3. The summed E-state index contributed by atoms with van der Waals surface area (Å²) in [4.78, 5) is 4.21. The first-order valence-corrected chi connectivity index (χ1v) is 9.05. The number of para-hydroxylation sites is 1. The van der Waals surface area contributed by atoms with Crippen molar-refractivity contribution in [1.29, 1.82) is 0 Å². The van der Waals surface area contributed by atoms with Gasteiger partial charge in [-0.3, -0.25) is 4.99 Å². The van der Waals surface area contributed by atoms with Gasteiger partial charge in [0.25, 0.3) is 0 Å². The van der Waals surface area contributed by atoms with E-state index in [0.717, 1.165) is 49.4 Å². The van der Waals surface area contributed by atoms with Crippen molar-refractivity contribution in [3.8, 4) is 5.75 Å². The highest BCUT2D eigenvalue weighted by molar-refractivity contribution is 14.0. The number of halogens is 1. The SMILES string of the molecule is CN=C(NCCCOCC1CC1)NCCOCc1ccccc1OC.I. The third kappa shape index (κ3) is 9.59. The molecule has 0 aromatic heterocycles. The quantitative estimate of drug-likeness (QED) is 0.210. The Labute approximate surface area is 174 Å². The number of rotatable bonds is 12. The zero-order valence-corrected chi connectivity index (χ0v) is 18.2. The van der Waals surface area contributed by atoms with E-state index >= 15 is 0 Å². The fraction of sp³-hybridized carbons (Fsp3) is 0.632. The van der Waals surface area contributed by atoms with Crippen molar-refractivity contribution in [3.05, 3.63) is 29.8 Å². The molecule has 26 heavy (non-hydrogen) atoms. The molecule has 0 spiro atoms. The van der Waals surface area contributed by atoms with Crippen molar-refractivity contribution < 1.29 is 14.2 Å². The van der Waals surface area contributed by atoms with Gasteiger partial charge in [0.2, 0.25) is 0 Å². The molecule has 7 heteroatoms. The van der Waals surface area contributed by atoms with E-state index in [1.54, 1.807) is 14.2 Å². The molecular weight excluding hydrogens is 445 g/mol. The highest BCUT2D eigenvalue weighted by atomic mass is 127. The minimum absolute atomic E-state index is 0. The van der Waals surface area contributed by atoms with Gasteiger partial charge in [0, 0.05) is 38.9 Å². The summed E-state index contributed by atoms with van der Waals surface area (Å²) in [7, 11) is 3.45. The molecule has 0 atom stereocenters. The molecule has 2 rings (SSSR count). The third-order valence-corrected chi connectivity index (χ3v) is 4.02. The lowest BCUT2D eigenvalue weighted by Crippen LogP contribution is -2.39. The Kier molecular flexibility index (Phi) is 12.4. The summed E-state index contributed by atoms with van der Waals surface area (Å²) in [5, 5.41) is 6.53. The maximum absolute atomic E-state index is 5.70. The number of hydrogen-bond acceptors (Lipinski definition) is 4. The zero-order chi connectivity index (χ0) is 17.7. The van der Waals surface area contributed by atoms with Crippen molar-refractivity contribution in [1.82, 2.24) is 10.6 Å². The second kappa shape index (κ2) is 14.1. The molecule has 1 fully saturated rings. The minimum atomic E-state index is 0. The summed E-state index contributed by atoms with van der Waals surface area (Å²) in [6, 6.07) is 7.89. The maximum Gasteiger partial charge on any atom is 0.191 e. The smallest absolute Gasteiger partial charge is 0.191 e. The Balaban J connectivity index is 0.00000338. The Morgan fingerprint density at radius 1 is 1.12 bits per heavy atom. The summed E-state index contributed by atoms with van der Waals surface area (Å²) >= 11 is 0. The van der Waals surface area contributed by atoms with Crippen LogP contribution in [0.1, 0.15) is 24.8 Å². The molecule has 1 aromatic carbocycles. The fourth-order valence-electron chi connectivity index (χ4n) is 2.38. The monoisotopic (exact) mass is 477 g/mol. The van der Waals surface area contributed by atoms with Crippen LogP contribution in [0.4, 0.5) is 0 Å². The summed E-state index contributed by atoms with van der Waals surface area (Å²) in [6.07, 6.45) is 3.67. The van der Waals surface area contributed by atoms with Crippen LogP contribution in [0.15, 0.2) is 29.3 Å². The van der Waals surface area contributed by atoms with Gasteiger partial charge in [-0.2, -0.15) is 0 Å². The normalized spacial score (nSPS) is 13.8. The summed E-state index contributed by atoms with van der Waals surface area (Å²) < 4.78 is 16.6. The molecule has 0 aliphatic heterocycles. The molecule has 0 radical (unpaired) electrons. The Hall–Kier alpha value is -1.06. The largest absolute Gasteiger partial charge is 0.496 e. The van der Waals surface area contributed by atoms with Crippen molar-refractivity contribution in [2.24, 2.45) is 10.9 Å². The van der Waals surface area contributed by atoms with Gasteiger partial charge in [0.1, 0.15) is 5.75 Å². The average Bonchev–Trinajstić information content (AvgIpc) is 3.47. The van der Waals surface area contributed by atoms with E-state index in [4.69, 9.17) is 14.2 Å². The highest BCUT2D eigenvalue weighted by Crippen LogP contribution is 2.28. The van der Waals surface area contributed by atoms with Gasteiger partial charge in [0.15, 0.2) is 5.96 Å². The molecule has 0 amide bonds. The second-order valence-electron chi connectivity index (χ2n) is 6.16. The zero-order valence-electron chi connectivity index (χ0n) is 15.8. The van der Waals surface area contributed by atoms with Crippen molar-refractivity contribution in [3.63, 3.8) is 0 Å². The van der Waals surface area contributed by atoms with Gasteiger partial charge >= 0.3 is 0 Å². The molecular formula is C19H32IN3O3. The van der Waals surface area contributed by atoms with Crippen LogP contribution in [-0.2, 0) is 16.1 Å². The van der Waals surface area contributed by atoms with Gasteiger partial charge in [0.05, 0.1) is 20.3 Å². The lowest BCUT2D eigenvalue weighted by Gasteiger charge is -2.13. The molecule has 1 saturated carbocycles. The van der Waals surface area contributed by atoms with E-state index in [-0.39, 0.29) is 24.0 Å². The van der Waals surface area contributed by atoms with Gasteiger partial charge in [-0.05, 0) is 31.2 Å². The van der Waals surface area contributed by atoms with Crippen LogP contribution in [0.5, 0.6) is 5.75 Å². The maximum atomic E-state index is 5.70. The Bertz CT molecular complexity index is 525. The molecule has 0 heterocycles. The van der Waals surface area contributed by atoms with E-state index in [9.17, 15) is 0 Å². The molecule has 0 unspecified atom stereocenters. The molecule has 6 nitrogen and oxygen atoms in total. The predicted molar refractivity (Wildman–Crippen MR) is 116 cm³/mol. The van der Waals surface area contributed by atoms with E-state index in [1.807, 2.05) is 24.3 Å². The summed E-state index contributed by atoms with van der Waals surface area (Å²) in [6.45, 7) is 4.43. The van der Waals surface area contributed by atoms with Crippen molar-refractivity contribution in [2.45, 2.75) is 25.9 Å². The summed E-state index contributed by atoms with van der Waals surface area (Å²) in [5.74, 6) is 2.48. The van der Waals surface area contributed by atoms with Crippen LogP contribution < -0.4 is 15.4 Å². The molecule has 0 bridgehead atoms. The summed E-state index contributed by atoms with van der Waals surface area (Å²) in [5.41, 5.74) is 1.05. The van der Waals surface area contributed by atoms with Gasteiger partial charge in [-0.15, -0.1) is 24.0 Å². The molecule has 148 valence electrons. The Morgan fingerprint density at radius 3 is 2.62 bits per heavy atom. The number of guanidine groups is 1. The average molecular weight is 477 g/mol.